The van der Waals surface area contributed by atoms with Crippen molar-refractivity contribution in [1.29, 1.82) is 5.41 Å². The maximum absolute atomic E-state index is 7.60. The van der Waals surface area contributed by atoms with Gasteiger partial charge in [0.2, 0.25) is 0 Å². The lowest BCUT2D eigenvalue weighted by Gasteiger charge is -2.30. The Bertz CT molecular complexity index is 640. The van der Waals surface area contributed by atoms with Gasteiger partial charge in [-0.05, 0) is 23.6 Å². The minimum atomic E-state index is 0.124. The summed E-state index contributed by atoms with van der Waals surface area (Å²) in [6, 6.07) is 16.3. The quantitative estimate of drug-likeness (QED) is 0.671. The van der Waals surface area contributed by atoms with Crippen molar-refractivity contribution in [2.75, 3.05) is 6.54 Å². The van der Waals surface area contributed by atoms with Crippen molar-refractivity contribution in [2.24, 2.45) is 5.73 Å². The summed E-state index contributed by atoms with van der Waals surface area (Å²) in [6.45, 7) is 2.00. The van der Waals surface area contributed by atoms with E-state index in [1.54, 1.807) is 0 Å². The standard InChI is InChI=1S/C17H19N3O/c18-17(19)20-10-9-14-7-4-8-16(15(14)11-20)21-12-13-5-2-1-3-6-13/h1-8H,9-12H2,(H3,18,19). The number of hydrogen-bond donors (Lipinski definition) is 2. The molecular weight excluding hydrogens is 262 g/mol. The number of nitrogens with zero attached hydrogens (tertiary/aromatic N) is 1. The van der Waals surface area contributed by atoms with Gasteiger partial charge in [-0.15, -0.1) is 0 Å². The van der Waals surface area contributed by atoms with Crippen LogP contribution >= 0.6 is 0 Å². The molecule has 1 aliphatic heterocycles. The first-order chi connectivity index (χ1) is 10.2. The Balaban J connectivity index is 1.79. The van der Waals surface area contributed by atoms with E-state index in [0.29, 0.717) is 13.2 Å². The van der Waals surface area contributed by atoms with Crippen molar-refractivity contribution >= 4 is 5.96 Å². The van der Waals surface area contributed by atoms with Crippen molar-refractivity contribution in [1.82, 2.24) is 4.90 Å². The SMILES string of the molecule is N=C(N)N1CCc2cccc(OCc3ccccc3)c2C1. The molecule has 2 aromatic carbocycles. The van der Waals surface area contributed by atoms with Crippen LogP contribution in [0.3, 0.4) is 0 Å². The van der Waals surface area contributed by atoms with Crippen LogP contribution in [0.2, 0.25) is 0 Å². The Morgan fingerprint density at radius 3 is 2.71 bits per heavy atom. The first-order valence-corrected chi connectivity index (χ1v) is 7.10. The Morgan fingerprint density at radius 2 is 1.95 bits per heavy atom. The summed E-state index contributed by atoms with van der Waals surface area (Å²) in [7, 11) is 0. The number of nitrogens with two attached hydrogens (primary N) is 1. The molecule has 0 aliphatic carbocycles. The molecule has 0 radical (unpaired) electrons. The van der Waals surface area contributed by atoms with E-state index < -0.39 is 0 Å². The maximum Gasteiger partial charge on any atom is 0.188 e. The first-order valence-electron chi connectivity index (χ1n) is 7.10. The van der Waals surface area contributed by atoms with Gasteiger partial charge in [0.15, 0.2) is 5.96 Å². The van der Waals surface area contributed by atoms with E-state index in [2.05, 4.69) is 18.2 Å². The fourth-order valence-electron chi connectivity index (χ4n) is 2.63. The zero-order valence-electron chi connectivity index (χ0n) is 11.9. The van der Waals surface area contributed by atoms with E-state index in [1.165, 1.54) is 5.56 Å². The summed E-state index contributed by atoms with van der Waals surface area (Å²) in [5.41, 5.74) is 9.19. The van der Waals surface area contributed by atoms with Crippen LogP contribution in [0.25, 0.3) is 0 Å². The van der Waals surface area contributed by atoms with Crippen molar-refractivity contribution < 1.29 is 4.74 Å². The fourth-order valence-corrected chi connectivity index (χ4v) is 2.63. The lowest BCUT2D eigenvalue weighted by atomic mass is 9.99. The second-order valence-corrected chi connectivity index (χ2v) is 5.22. The molecule has 2 aromatic rings. The van der Waals surface area contributed by atoms with Crippen LogP contribution < -0.4 is 10.5 Å². The number of ether oxygens (including phenoxy) is 1. The van der Waals surface area contributed by atoms with Crippen LogP contribution in [0.4, 0.5) is 0 Å². The zero-order chi connectivity index (χ0) is 14.7. The van der Waals surface area contributed by atoms with Gasteiger partial charge < -0.3 is 15.4 Å². The van der Waals surface area contributed by atoms with Crippen LogP contribution in [0.15, 0.2) is 48.5 Å². The molecule has 0 amide bonds. The third-order valence-corrected chi connectivity index (χ3v) is 3.81. The highest BCUT2D eigenvalue weighted by Gasteiger charge is 2.20. The number of nitrogens with one attached hydrogen (secondary N) is 1. The smallest absolute Gasteiger partial charge is 0.188 e. The number of guanidine groups is 1. The highest BCUT2D eigenvalue weighted by atomic mass is 16.5. The Labute approximate surface area is 124 Å². The van der Waals surface area contributed by atoms with Gasteiger partial charge in [0.05, 0.1) is 0 Å². The topological polar surface area (TPSA) is 62.3 Å². The summed E-state index contributed by atoms with van der Waals surface area (Å²) in [6.07, 6.45) is 0.900. The van der Waals surface area contributed by atoms with Gasteiger partial charge >= 0.3 is 0 Å². The van der Waals surface area contributed by atoms with E-state index in [0.717, 1.165) is 29.8 Å². The predicted molar refractivity (Wildman–Crippen MR) is 83.2 cm³/mol. The van der Waals surface area contributed by atoms with Gasteiger partial charge in [0.1, 0.15) is 12.4 Å². The van der Waals surface area contributed by atoms with Crippen molar-refractivity contribution in [3.8, 4) is 5.75 Å². The average Bonchev–Trinajstić information content (AvgIpc) is 2.53. The minimum absolute atomic E-state index is 0.124. The highest BCUT2D eigenvalue weighted by molar-refractivity contribution is 5.75. The van der Waals surface area contributed by atoms with E-state index >= 15 is 0 Å². The maximum atomic E-state index is 7.60. The Hall–Kier alpha value is -2.49. The second-order valence-electron chi connectivity index (χ2n) is 5.22. The van der Waals surface area contributed by atoms with Crippen molar-refractivity contribution in [2.45, 2.75) is 19.6 Å². The summed E-state index contributed by atoms with van der Waals surface area (Å²) in [4.78, 5) is 1.87. The van der Waals surface area contributed by atoms with Crippen LogP contribution in [-0.2, 0) is 19.6 Å². The van der Waals surface area contributed by atoms with Gasteiger partial charge in [-0.1, -0.05) is 42.5 Å². The second kappa shape index (κ2) is 5.87. The molecule has 0 spiro atoms. The molecule has 0 saturated heterocycles. The summed E-state index contributed by atoms with van der Waals surface area (Å²) in [5.74, 6) is 1.01. The first kappa shape index (κ1) is 13.5. The van der Waals surface area contributed by atoms with Crippen molar-refractivity contribution in [3.05, 3.63) is 65.2 Å². The number of benzene rings is 2. The van der Waals surface area contributed by atoms with Crippen LogP contribution in [0, 0.1) is 5.41 Å². The van der Waals surface area contributed by atoms with Crippen molar-refractivity contribution in [3.63, 3.8) is 0 Å². The lowest BCUT2D eigenvalue weighted by molar-refractivity contribution is 0.292. The largest absolute Gasteiger partial charge is 0.489 e. The minimum Gasteiger partial charge on any atom is -0.489 e. The summed E-state index contributed by atoms with van der Waals surface area (Å²) < 4.78 is 5.98. The normalized spacial score (nSPS) is 13.6. The average molecular weight is 281 g/mol. The number of hydrogen-bond acceptors (Lipinski definition) is 2. The molecule has 3 N–H and O–H groups in total. The predicted octanol–water partition coefficient (Wildman–Crippen LogP) is 2.52. The van der Waals surface area contributed by atoms with E-state index in [4.69, 9.17) is 15.9 Å². The zero-order valence-corrected chi connectivity index (χ0v) is 11.9. The van der Waals surface area contributed by atoms with E-state index in [-0.39, 0.29) is 5.96 Å². The Kier molecular flexibility index (Phi) is 3.77. The third-order valence-electron chi connectivity index (χ3n) is 3.81. The number of fused-ring (bicyclic) bond motifs is 1. The molecule has 0 atom stereocenters. The van der Waals surface area contributed by atoms with Crippen LogP contribution in [0.1, 0.15) is 16.7 Å². The summed E-state index contributed by atoms with van der Waals surface area (Å²) >= 11 is 0. The molecule has 3 rings (SSSR count). The van der Waals surface area contributed by atoms with Gasteiger partial charge in [-0.3, -0.25) is 5.41 Å². The summed E-state index contributed by atoms with van der Waals surface area (Å²) in [5, 5.41) is 7.60. The monoisotopic (exact) mass is 281 g/mol. The molecule has 108 valence electrons. The molecule has 1 aliphatic rings. The number of rotatable bonds is 3. The van der Waals surface area contributed by atoms with E-state index in [9.17, 15) is 0 Å². The third kappa shape index (κ3) is 2.99. The van der Waals surface area contributed by atoms with Gasteiger partial charge in [0, 0.05) is 18.7 Å². The molecule has 0 fully saturated rings. The molecule has 0 aromatic heterocycles. The molecule has 0 saturated carbocycles. The molecule has 0 unspecified atom stereocenters. The van der Waals surface area contributed by atoms with Crippen LogP contribution in [-0.4, -0.2) is 17.4 Å². The Morgan fingerprint density at radius 1 is 1.14 bits per heavy atom. The van der Waals surface area contributed by atoms with Gasteiger partial charge in [-0.2, -0.15) is 0 Å². The molecule has 21 heavy (non-hydrogen) atoms. The van der Waals surface area contributed by atoms with Crippen LogP contribution in [0.5, 0.6) is 5.75 Å². The highest BCUT2D eigenvalue weighted by Crippen LogP contribution is 2.28. The van der Waals surface area contributed by atoms with Gasteiger partial charge in [0.25, 0.3) is 0 Å². The lowest BCUT2D eigenvalue weighted by Crippen LogP contribution is -2.40. The molecular formula is C17H19N3O. The molecule has 4 nitrogen and oxygen atoms in total. The molecule has 4 heteroatoms. The fraction of sp³-hybridized carbons (Fsp3) is 0.235. The van der Waals surface area contributed by atoms with Gasteiger partial charge in [-0.25, -0.2) is 0 Å². The molecule has 0 bridgehead atoms. The van der Waals surface area contributed by atoms with E-state index in [1.807, 2.05) is 35.2 Å². The molecule has 1 heterocycles.